The molecule has 0 aromatic heterocycles. The highest BCUT2D eigenvalue weighted by Gasteiger charge is 2.46. The fraction of sp³-hybridized carbons (Fsp3) is 0.818. The number of hydrogen-bond donors (Lipinski definition) is 2. The summed E-state index contributed by atoms with van der Waals surface area (Å²) in [6, 6.07) is 0. The van der Waals surface area contributed by atoms with Crippen LogP contribution in [-0.2, 0) is 20.4 Å². The van der Waals surface area contributed by atoms with E-state index in [0.29, 0.717) is 12.3 Å². The van der Waals surface area contributed by atoms with Crippen molar-refractivity contribution in [3.8, 4) is 0 Å². The molecular formula is C11H19NO4S. The fourth-order valence-electron chi connectivity index (χ4n) is 1.73. The van der Waals surface area contributed by atoms with Crippen LogP contribution in [0.15, 0.2) is 0 Å². The van der Waals surface area contributed by atoms with Crippen LogP contribution in [0.2, 0.25) is 0 Å². The quantitative estimate of drug-likeness (QED) is 0.699. The summed E-state index contributed by atoms with van der Waals surface area (Å²) < 4.78 is 12.0. The number of carboxylic acids is 1. The van der Waals surface area contributed by atoms with Crippen molar-refractivity contribution in [3.05, 3.63) is 0 Å². The van der Waals surface area contributed by atoms with E-state index in [-0.39, 0.29) is 17.7 Å². The monoisotopic (exact) mass is 261 g/mol. The first-order valence-electron chi connectivity index (χ1n) is 5.77. The standard InChI is InChI=1S/C11H19NO4S/c1-3-12-10(15)8(2)17(16)7-11(4-5-11)6-9(13)14/h8H,3-7H2,1-2H3,(H,12,15)(H,13,14). The average Bonchev–Trinajstić information content (AvgIpc) is 2.95. The molecule has 1 rings (SSSR count). The van der Waals surface area contributed by atoms with Gasteiger partial charge < -0.3 is 10.4 Å². The van der Waals surface area contributed by atoms with Gasteiger partial charge >= 0.3 is 5.97 Å². The van der Waals surface area contributed by atoms with Crippen LogP contribution in [0.4, 0.5) is 0 Å². The predicted octanol–water partition coefficient (Wildman–Crippen LogP) is 0.515. The molecule has 2 atom stereocenters. The Morgan fingerprint density at radius 2 is 2.06 bits per heavy atom. The highest BCUT2D eigenvalue weighted by Crippen LogP contribution is 2.49. The molecule has 1 aliphatic rings. The van der Waals surface area contributed by atoms with E-state index >= 15 is 0 Å². The summed E-state index contributed by atoms with van der Waals surface area (Å²) >= 11 is 0. The molecule has 0 aliphatic heterocycles. The van der Waals surface area contributed by atoms with E-state index < -0.39 is 22.0 Å². The second kappa shape index (κ2) is 5.62. The van der Waals surface area contributed by atoms with E-state index in [4.69, 9.17) is 5.11 Å². The van der Waals surface area contributed by atoms with Crippen LogP contribution in [0.1, 0.15) is 33.1 Å². The number of rotatable bonds is 7. The maximum Gasteiger partial charge on any atom is 0.303 e. The Labute approximate surface area is 103 Å². The zero-order chi connectivity index (χ0) is 13.1. The highest BCUT2D eigenvalue weighted by atomic mass is 32.2. The average molecular weight is 261 g/mol. The molecule has 0 aromatic carbocycles. The van der Waals surface area contributed by atoms with Crippen molar-refractivity contribution in [2.45, 2.75) is 38.4 Å². The molecule has 0 heterocycles. The minimum absolute atomic E-state index is 0.0564. The number of hydrogen-bond acceptors (Lipinski definition) is 3. The number of carbonyl (C=O) groups excluding carboxylic acids is 1. The first kappa shape index (κ1) is 14.2. The van der Waals surface area contributed by atoms with Gasteiger partial charge in [-0.05, 0) is 32.1 Å². The molecule has 5 nitrogen and oxygen atoms in total. The normalized spacial score (nSPS) is 20.4. The molecule has 98 valence electrons. The Kier molecular flexibility index (Phi) is 4.68. The van der Waals surface area contributed by atoms with Gasteiger partial charge in [-0.3, -0.25) is 13.8 Å². The van der Waals surface area contributed by atoms with Gasteiger partial charge in [0.1, 0.15) is 5.25 Å². The van der Waals surface area contributed by atoms with Gasteiger partial charge in [-0.15, -0.1) is 0 Å². The SMILES string of the molecule is CCNC(=O)C(C)S(=O)CC1(CC(=O)O)CC1. The topological polar surface area (TPSA) is 83.5 Å². The molecule has 2 N–H and O–H groups in total. The van der Waals surface area contributed by atoms with Crippen molar-refractivity contribution >= 4 is 22.7 Å². The Bertz CT molecular complexity index is 338. The molecule has 0 radical (unpaired) electrons. The van der Waals surface area contributed by atoms with E-state index in [9.17, 15) is 13.8 Å². The van der Waals surface area contributed by atoms with Gasteiger partial charge in [0.05, 0.1) is 6.42 Å². The molecule has 17 heavy (non-hydrogen) atoms. The minimum Gasteiger partial charge on any atom is -0.481 e. The zero-order valence-corrected chi connectivity index (χ0v) is 11.0. The van der Waals surface area contributed by atoms with Gasteiger partial charge in [-0.25, -0.2) is 0 Å². The Morgan fingerprint density at radius 1 is 1.47 bits per heavy atom. The molecular weight excluding hydrogens is 242 g/mol. The van der Waals surface area contributed by atoms with E-state index in [0.717, 1.165) is 12.8 Å². The van der Waals surface area contributed by atoms with Crippen LogP contribution in [0.25, 0.3) is 0 Å². The minimum atomic E-state index is -1.30. The van der Waals surface area contributed by atoms with Crippen molar-refractivity contribution in [1.29, 1.82) is 0 Å². The summed E-state index contributed by atoms with van der Waals surface area (Å²) in [5.41, 5.74) is -0.322. The number of nitrogens with one attached hydrogen (secondary N) is 1. The Morgan fingerprint density at radius 3 is 2.47 bits per heavy atom. The van der Waals surface area contributed by atoms with Crippen molar-refractivity contribution in [2.75, 3.05) is 12.3 Å². The molecule has 0 saturated heterocycles. The van der Waals surface area contributed by atoms with Gasteiger partial charge in [0.25, 0.3) is 0 Å². The molecule has 1 aliphatic carbocycles. The molecule has 0 aromatic rings. The molecule has 6 heteroatoms. The van der Waals surface area contributed by atoms with E-state index in [2.05, 4.69) is 5.32 Å². The molecule has 0 bridgehead atoms. The number of aliphatic carboxylic acids is 1. The van der Waals surface area contributed by atoms with Gasteiger partial charge in [0, 0.05) is 23.1 Å². The van der Waals surface area contributed by atoms with Crippen molar-refractivity contribution in [3.63, 3.8) is 0 Å². The summed E-state index contributed by atoms with van der Waals surface area (Å²) in [6.45, 7) is 3.94. The third-order valence-electron chi connectivity index (χ3n) is 3.05. The van der Waals surface area contributed by atoms with Crippen LogP contribution in [0.3, 0.4) is 0 Å². The van der Waals surface area contributed by atoms with Crippen molar-refractivity contribution < 1.29 is 18.9 Å². The van der Waals surface area contributed by atoms with Crippen LogP contribution < -0.4 is 5.32 Å². The van der Waals surface area contributed by atoms with Gasteiger partial charge in [0.2, 0.25) is 5.91 Å². The third-order valence-corrected chi connectivity index (χ3v) is 4.95. The summed E-state index contributed by atoms with van der Waals surface area (Å²) in [6.07, 6.45) is 1.65. The maximum absolute atomic E-state index is 12.0. The Hall–Kier alpha value is -0.910. The highest BCUT2D eigenvalue weighted by molar-refractivity contribution is 7.86. The van der Waals surface area contributed by atoms with Gasteiger partial charge in [-0.2, -0.15) is 0 Å². The maximum atomic E-state index is 12.0. The summed E-state index contributed by atoms with van der Waals surface area (Å²) in [7, 11) is -1.30. The third kappa shape index (κ3) is 4.11. The van der Waals surface area contributed by atoms with Crippen LogP contribution >= 0.6 is 0 Å². The van der Waals surface area contributed by atoms with Gasteiger partial charge in [0.15, 0.2) is 0 Å². The molecule has 1 saturated carbocycles. The second-order valence-corrected chi connectivity index (χ2v) is 6.39. The number of carbonyl (C=O) groups is 2. The summed E-state index contributed by atoms with van der Waals surface area (Å²) in [4.78, 5) is 22.2. The zero-order valence-electron chi connectivity index (χ0n) is 10.2. The van der Waals surface area contributed by atoms with E-state index in [1.54, 1.807) is 13.8 Å². The summed E-state index contributed by atoms with van der Waals surface area (Å²) in [5, 5.41) is 10.8. The molecule has 1 amide bonds. The number of amides is 1. The van der Waals surface area contributed by atoms with Gasteiger partial charge in [-0.1, -0.05) is 0 Å². The van der Waals surface area contributed by atoms with Crippen molar-refractivity contribution in [2.24, 2.45) is 5.41 Å². The van der Waals surface area contributed by atoms with Crippen LogP contribution in [0.5, 0.6) is 0 Å². The fourth-order valence-corrected chi connectivity index (χ4v) is 3.30. The smallest absolute Gasteiger partial charge is 0.303 e. The summed E-state index contributed by atoms with van der Waals surface area (Å²) in [5.74, 6) is -0.764. The number of carboxylic acid groups (broad SMARTS) is 1. The van der Waals surface area contributed by atoms with Crippen molar-refractivity contribution in [1.82, 2.24) is 5.32 Å². The lowest BCUT2D eigenvalue weighted by molar-refractivity contribution is -0.138. The van der Waals surface area contributed by atoms with E-state index in [1.165, 1.54) is 0 Å². The van der Waals surface area contributed by atoms with Crippen LogP contribution in [0, 0.1) is 5.41 Å². The predicted molar refractivity (Wildman–Crippen MR) is 65.1 cm³/mol. The first-order chi connectivity index (χ1) is 7.90. The largest absolute Gasteiger partial charge is 0.481 e. The molecule has 2 unspecified atom stereocenters. The lowest BCUT2D eigenvalue weighted by Gasteiger charge is -2.16. The Balaban J connectivity index is 2.49. The van der Waals surface area contributed by atoms with E-state index in [1.807, 2.05) is 0 Å². The second-order valence-electron chi connectivity index (χ2n) is 4.63. The first-order valence-corrected chi connectivity index (χ1v) is 7.15. The van der Waals surface area contributed by atoms with Crippen LogP contribution in [-0.4, -0.2) is 38.7 Å². The lowest BCUT2D eigenvalue weighted by Crippen LogP contribution is -2.37. The molecule has 1 fully saturated rings. The molecule has 0 spiro atoms. The lowest BCUT2D eigenvalue weighted by atomic mass is 10.1.